The van der Waals surface area contributed by atoms with Crippen LogP contribution < -0.4 is 4.72 Å². The van der Waals surface area contributed by atoms with Gasteiger partial charge in [0.15, 0.2) is 0 Å². The SMILES string of the molecule is Cc1ccc(Br)cc1S(=O)(=O)Nc1cc(Cl)ccn1. The maximum atomic E-state index is 12.3. The minimum atomic E-state index is -3.68. The molecule has 0 atom stereocenters. The van der Waals surface area contributed by atoms with Crippen LogP contribution in [0.4, 0.5) is 5.82 Å². The van der Waals surface area contributed by atoms with Crippen molar-refractivity contribution >= 4 is 43.4 Å². The summed E-state index contributed by atoms with van der Waals surface area (Å²) in [5, 5.41) is 0.415. The molecule has 0 fully saturated rings. The molecule has 1 N–H and O–H groups in total. The van der Waals surface area contributed by atoms with E-state index in [1.807, 2.05) is 0 Å². The van der Waals surface area contributed by atoms with Gasteiger partial charge in [-0.2, -0.15) is 0 Å². The van der Waals surface area contributed by atoms with Crippen molar-refractivity contribution in [1.82, 2.24) is 4.98 Å². The van der Waals surface area contributed by atoms with Crippen LogP contribution in [0, 0.1) is 6.92 Å². The van der Waals surface area contributed by atoms with Crippen LogP contribution in [-0.4, -0.2) is 13.4 Å². The molecular weight excluding hydrogens is 352 g/mol. The maximum Gasteiger partial charge on any atom is 0.263 e. The average molecular weight is 362 g/mol. The highest BCUT2D eigenvalue weighted by Gasteiger charge is 2.17. The summed E-state index contributed by atoms with van der Waals surface area (Å²) in [4.78, 5) is 4.11. The number of hydrogen-bond acceptors (Lipinski definition) is 3. The van der Waals surface area contributed by atoms with Crippen molar-refractivity contribution in [2.75, 3.05) is 4.72 Å². The highest BCUT2D eigenvalue weighted by atomic mass is 79.9. The number of nitrogens with zero attached hydrogens (tertiary/aromatic N) is 1. The van der Waals surface area contributed by atoms with Gasteiger partial charge in [0.05, 0.1) is 4.90 Å². The fourth-order valence-corrected chi connectivity index (χ4v) is 3.46. The predicted molar refractivity (Wildman–Crippen MR) is 78.9 cm³/mol. The van der Waals surface area contributed by atoms with Crippen molar-refractivity contribution in [3.8, 4) is 0 Å². The van der Waals surface area contributed by atoms with E-state index in [9.17, 15) is 8.42 Å². The quantitative estimate of drug-likeness (QED) is 0.908. The van der Waals surface area contributed by atoms with Crippen LogP contribution in [0.5, 0.6) is 0 Å². The molecule has 0 unspecified atom stereocenters. The highest BCUT2D eigenvalue weighted by Crippen LogP contribution is 2.23. The number of rotatable bonds is 3. The van der Waals surface area contributed by atoms with Crippen molar-refractivity contribution in [2.45, 2.75) is 11.8 Å². The Morgan fingerprint density at radius 1 is 1.26 bits per heavy atom. The van der Waals surface area contributed by atoms with Gasteiger partial charge in [0.2, 0.25) is 0 Å². The Balaban J connectivity index is 2.40. The summed E-state index contributed by atoms with van der Waals surface area (Å²) < 4.78 is 27.6. The number of benzene rings is 1. The second-order valence-electron chi connectivity index (χ2n) is 3.87. The molecule has 0 radical (unpaired) electrons. The number of nitrogens with one attached hydrogen (secondary N) is 1. The summed E-state index contributed by atoms with van der Waals surface area (Å²) in [6, 6.07) is 8.08. The smallest absolute Gasteiger partial charge is 0.263 e. The molecule has 100 valence electrons. The lowest BCUT2D eigenvalue weighted by atomic mass is 10.2. The van der Waals surface area contributed by atoms with Gasteiger partial charge < -0.3 is 0 Å². The van der Waals surface area contributed by atoms with Gasteiger partial charge >= 0.3 is 0 Å². The van der Waals surface area contributed by atoms with Gasteiger partial charge in [0.1, 0.15) is 5.82 Å². The molecule has 0 amide bonds. The molecule has 2 rings (SSSR count). The maximum absolute atomic E-state index is 12.3. The Morgan fingerprint density at radius 3 is 2.68 bits per heavy atom. The zero-order valence-corrected chi connectivity index (χ0v) is 13.1. The normalized spacial score (nSPS) is 11.3. The molecule has 0 spiro atoms. The van der Waals surface area contributed by atoms with Crippen molar-refractivity contribution < 1.29 is 8.42 Å². The van der Waals surface area contributed by atoms with E-state index in [1.165, 1.54) is 12.3 Å². The molecule has 0 aliphatic heterocycles. The standard InChI is InChI=1S/C12H10BrClN2O2S/c1-8-2-3-9(13)6-11(8)19(17,18)16-12-7-10(14)4-5-15-12/h2-7H,1H3,(H,15,16). The molecule has 1 aromatic carbocycles. The molecule has 1 heterocycles. The monoisotopic (exact) mass is 360 g/mol. The van der Waals surface area contributed by atoms with Crippen LogP contribution in [0.3, 0.4) is 0 Å². The second kappa shape index (κ2) is 5.48. The lowest BCUT2D eigenvalue weighted by Gasteiger charge is -2.10. The summed E-state index contributed by atoms with van der Waals surface area (Å²) in [5.41, 5.74) is 0.651. The van der Waals surface area contributed by atoms with Gasteiger partial charge in [-0.25, -0.2) is 13.4 Å². The van der Waals surface area contributed by atoms with Crippen molar-refractivity contribution in [2.24, 2.45) is 0 Å². The zero-order chi connectivity index (χ0) is 14.0. The molecule has 0 bridgehead atoms. The number of pyridine rings is 1. The molecule has 19 heavy (non-hydrogen) atoms. The minimum Gasteiger partial charge on any atom is -0.263 e. The van der Waals surface area contributed by atoms with Gasteiger partial charge in [-0.1, -0.05) is 33.6 Å². The minimum absolute atomic E-state index is 0.187. The first-order valence-corrected chi connectivity index (χ1v) is 7.94. The highest BCUT2D eigenvalue weighted by molar-refractivity contribution is 9.10. The largest absolute Gasteiger partial charge is 0.263 e. The predicted octanol–water partition coefficient (Wildman–Crippen LogP) is 3.61. The fraction of sp³-hybridized carbons (Fsp3) is 0.0833. The Labute approximate surface area is 125 Å². The molecular formula is C12H10BrClN2O2S. The van der Waals surface area contributed by atoms with E-state index < -0.39 is 10.0 Å². The molecule has 0 aliphatic carbocycles. The lowest BCUT2D eigenvalue weighted by molar-refractivity contribution is 0.600. The van der Waals surface area contributed by atoms with Crippen LogP contribution >= 0.6 is 27.5 Å². The van der Waals surface area contributed by atoms with Gasteiger partial charge in [-0.3, -0.25) is 4.72 Å². The molecule has 0 saturated carbocycles. The summed E-state index contributed by atoms with van der Waals surface area (Å²) in [7, 11) is -3.68. The molecule has 0 aliphatic rings. The Morgan fingerprint density at radius 2 is 2.00 bits per heavy atom. The number of halogens is 2. The third-order valence-electron chi connectivity index (χ3n) is 2.40. The van der Waals surface area contributed by atoms with Gasteiger partial charge in [-0.15, -0.1) is 0 Å². The van der Waals surface area contributed by atoms with Gasteiger partial charge in [-0.05, 0) is 30.7 Å². The third kappa shape index (κ3) is 3.46. The molecule has 4 nitrogen and oxygen atoms in total. The van der Waals surface area contributed by atoms with E-state index in [0.717, 1.165) is 0 Å². The van der Waals surface area contributed by atoms with E-state index in [1.54, 1.807) is 31.2 Å². The van der Waals surface area contributed by atoms with Crippen LogP contribution in [0.1, 0.15) is 5.56 Å². The Kier molecular flexibility index (Phi) is 4.13. The summed E-state index contributed by atoms with van der Waals surface area (Å²) >= 11 is 9.05. The third-order valence-corrected chi connectivity index (χ3v) is 4.63. The van der Waals surface area contributed by atoms with E-state index in [-0.39, 0.29) is 10.7 Å². The lowest BCUT2D eigenvalue weighted by Crippen LogP contribution is -2.15. The summed E-state index contributed by atoms with van der Waals surface area (Å²) in [5.74, 6) is 0.187. The van der Waals surface area contributed by atoms with E-state index >= 15 is 0 Å². The van der Waals surface area contributed by atoms with E-state index in [2.05, 4.69) is 25.6 Å². The van der Waals surface area contributed by atoms with Gasteiger partial charge in [0.25, 0.3) is 10.0 Å². The van der Waals surface area contributed by atoms with Crippen molar-refractivity contribution in [3.63, 3.8) is 0 Å². The number of hydrogen-bond donors (Lipinski definition) is 1. The van der Waals surface area contributed by atoms with E-state index in [4.69, 9.17) is 11.6 Å². The first-order valence-electron chi connectivity index (χ1n) is 5.29. The molecule has 1 aromatic heterocycles. The van der Waals surface area contributed by atoms with Gasteiger partial charge in [0, 0.05) is 21.8 Å². The number of aromatic nitrogens is 1. The Bertz CT molecular complexity index is 719. The molecule has 0 saturated heterocycles. The number of aryl methyl sites for hydroxylation is 1. The van der Waals surface area contributed by atoms with Crippen LogP contribution in [0.25, 0.3) is 0 Å². The zero-order valence-electron chi connectivity index (χ0n) is 9.89. The number of anilines is 1. The van der Waals surface area contributed by atoms with E-state index in [0.29, 0.717) is 15.1 Å². The molecule has 7 heteroatoms. The molecule has 2 aromatic rings. The fourth-order valence-electron chi connectivity index (χ4n) is 1.52. The Hall–Kier alpha value is -1.11. The number of sulfonamides is 1. The van der Waals surface area contributed by atoms with Crippen LogP contribution in [-0.2, 0) is 10.0 Å². The summed E-state index contributed by atoms with van der Waals surface area (Å²) in [6.45, 7) is 1.73. The summed E-state index contributed by atoms with van der Waals surface area (Å²) in [6.07, 6.45) is 1.44. The average Bonchev–Trinajstić information content (AvgIpc) is 2.31. The van der Waals surface area contributed by atoms with Crippen LogP contribution in [0.2, 0.25) is 5.02 Å². The van der Waals surface area contributed by atoms with Crippen molar-refractivity contribution in [3.05, 3.63) is 51.6 Å². The second-order valence-corrected chi connectivity index (χ2v) is 6.88. The topological polar surface area (TPSA) is 59.1 Å². The van der Waals surface area contributed by atoms with Crippen molar-refractivity contribution in [1.29, 1.82) is 0 Å². The first-order chi connectivity index (χ1) is 8.88. The first kappa shape index (κ1) is 14.3. The van der Waals surface area contributed by atoms with Crippen LogP contribution in [0.15, 0.2) is 45.9 Å².